The zero-order valence-corrected chi connectivity index (χ0v) is 20.7. The number of carbonyl (C=O) groups excluding carboxylic acids is 1. The molecule has 0 fully saturated rings. The normalized spacial score (nSPS) is 12.2. The van der Waals surface area contributed by atoms with Crippen molar-refractivity contribution in [3.8, 4) is 12.3 Å². The number of nitrogen functional groups attached to an aromatic ring is 1. The number of nitrogens with one attached hydrogen (secondary N) is 1. The number of aromatic nitrogens is 1. The number of aliphatic imine (C=N–C) groups is 1. The van der Waals surface area contributed by atoms with Crippen molar-refractivity contribution in [3.63, 3.8) is 0 Å². The van der Waals surface area contributed by atoms with E-state index in [0.717, 1.165) is 24.3 Å². The minimum Gasteiger partial charge on any atom is -0.396 e. The molecule has 1 aliphatic heterocycles. The molecule has 1 aromatic heterocycles. The third-order valence-electron chi connectivity index (χ3n) is 5.23. The molecule has 0 saturated carbocycles. The number of halogens is 1. The largest absolute Gasteiger partial charge is 0.396 e. The first-order chi connectivity index (χ1) is 16.3. The van der Waals surface area contributed by atoms with Crippen molar-refractivity contribution in [2.45, 2.75) is 40.5 Å². The second-order valence-electron chi connectivity index (χ2n) is 8.11. The van der Waals surface area contributed by atoms with Gasteiger partial charge in [-0.1, -0.05) is 27.7 Å². The molecule has 3 rings (SSSR count). The van der Waals surface area contributed by atoms with Crippen LogP contribution >= 0.6 is 0 Å². The number of terminal acetylenes is 1. The lowest BCUT2D eigenvalue weighted by atomic mass is 10.1. The van der Waals surface area contributed by atoms with Gasteiger partial charge in [0, 0.05) is 69.4 Å². The molecule has 1 aliphatic rings. The SMILES string of the molecule is C#CCCN(CC(C)C)c1ccnc2c1CCN2C(=O)Nc1cc(F)c(N)c(C=NC)c1.CC.[HH]. The lowest BCUT2D eigenvalue weighted by molar-refractivity contribution is 0.257. The van der Waals surface area contributed by atoms with Crippen molar-refractivity contribution >= 4 is 35.1 Å². The number of hydrogen-bond donors (Lipinski definition) is 2. The molecule has 0 atom stereocenters. The fraction of sp³-hybridized carbons (Fsp3) is 0.423. The number of hydrogen-bond acceptors (Lipinski definition) is 5. The fourth-order valence-corrected chi connectivity index (χ4v) is 3.87. The van der Waals surface area contributed by atoms with Crippen molar-refractivity contribution in [3.05, 3.63) is 41.3 Å². The van der Waals surface area contributed by atoms with Gasteiger partial charge in [0.1, 0.15) is 11.6 Å². The van der Waals surface area contributed by atoms with Crippen molar-refractivity contribution in [2.24, 2.45) is 10.9 Å². The summed E-state index contributed by atoms with van der Waals surface area (Å²) < 4.78 is 14.2. The summed E-state index contributed by atoms with van der Waals surface area (Å²) in [6, 6.07) is 4.39. The summed E-state index contributed by atoms with van der Waals surface area (Å²) in [5.74, 6) is 3.16. The maximum atomic E-state index is 14.2. The minimum absolute atomic E-state index is 0. The third kappa shape index (κ3) is 6.25. The quantitative estimate of drug-likeness (QED) is 0.332. The minimum atomic E-state index is -0.613. The molecule has 0 spiro atoms. The van der Waals surface area contributed by atoms with E-state index in [1.165, 1.54) is 12.3 Å². The Hall–Kier alpha value is -3.60. The van der Waals surface area contributed by atoms with Crippen molar-refractivity contribution < 1.29 is 10.6 Å². The van der Waals surface area contributed by atoms with Crippen LogP contribution in [0.2, 0.25) is 0 Å². The highest BCUT2D eigenvalue weighted by Gasteiger charge is 2.30. The van der Waals surface area contributed by atoms with Crippen LogP contribution < -0.4 is 20.9 Å². The van der Waals surface area contributed by atoms with Gasteiger partial charge in [-0.05, 0) is 30.5 Å². The second-order valence-corrected chi connectivity index (χ2v) is 8.11. The summed E-state index contributed by atoms with van der Waals surface area (Å²) >= 11 is 0. The number of nitrogens with two attached hydrogens (primary N) is 1. The first-order valence-corrected chi connectivity index (χ1v) is 11.6. The summed E-state index contributed by atoms with van der Waals surface area (Å²) in [5.41, 5.74) is 8.52. The van der Waals surface area contributed by atoms with Crippen LogP contribution in [-0.4, -0.2) is 43.9 Å². The number of carbonyl (C=O) groups is 1. The molecule has 3 N–H and O–H groups in total. The Morgan fingerprint density at radius 3 is 2.85 bits per heavy atom. The van der Waals surface area contributed by atoms with Crippen molar-refractivity contribution in [2.75, 3.05) is 47.5 Å². The molecule has 0 bridgehead atoms. The van der Waals surface area contributed by atoms with Gasteiger partial charge >= 0.3 is 6.03 Å². The molecule has 0 aliphatic carbocycles. The van der Waals surface area contributed by atoms with E-state index in [1.807, 2.05) is 19.9 Å². The van der Waals surface area contributed by atoms with Crippen LogP contribution in [0.5, 0.6) is 0 Å². The molecule has 0 radical (unpaired) electrons. The van der Waals surface area contributed by atoms with Crippen LogP contribution in [0.4, 0.5) is 32.1 Å². The van der Waals surface area contributed by atoms with E-state index < -0.39 is 5.82 Å². The van der Waals surface area contributed by atoms with Crippen LogP contribution in [0.3, 0.4) is 0 Å². The van der Waals surface area contributed by atoms with Gasteiger partial charge in [-0.3, -0.25) is 9.89 Å². The van der Waals surface area contributed by atoms with Gasteiger partial charge in [0.15, 0.2) is 0 Å². The molecular formula is C26H37FN6O. The molecule has 0 unspecified atom stereocenters. The third-order valence-corrected chi connectivity index (χ3v) is 5.23. The average molecular weight is 469 g/mol. The van der Waals surface area contributed by atoms with Gasteiger partial charge in [0.05, 0.1) is 5.69 Å². The molecule has 7 nitrogen and oxygen atoms in total. The lowest BCUT2D eigenvalue weighted by Gasteiger charge is -2.28. The number of urea groups is 1. The van der Waals surface area contributed by atoms with Gasteiger partial charge in [-0.15, -0.1) is 12.3 Å². The Morgan fingerprint density at radius 1 is 1.47 bits per heavy atom. The van der Waals surface area contributed by atoms with E-state index in [4.69, 9.17) is 12.2 Å². The lowest BCUT2D eigenvalue weighted by Crippen LogP contribution is -2.34. The first kappa shape index (κ1) is 26.7. The smallest absolute Gasteiger partial charge is 0.327 e. The zero-order chi connectivity index (χ0) is 25.3. The van der Waals surface area contributed by atoms with E-state index in [-0.39, 0.29) is 13.1 Å². The Bertz CT molecular complexity index is 1070. The number of benzene rings is 1. The number of pyridine rings is 1. The monoisotopic (exact) mass is 468 g/mol. The summed E-state index contributed by atoms with van der Waals surface area (Å²) in [5, 5.41) is 2.76. The van der Waals surface area contributed by atoms with E-state index in [1.54, 1.807) is 24.2 Å². The molecule has 2 heterocycles. The maximum Gasteiger partial charge on any atom is 0.327 e. The average Bonchev–Trinajstić information content (AvgIpc) is 3.25. The Balaban J connectivity index is 0.00000199. The van der Waals surface area contributed by atoms with Gasteiger partial charge in [-0.25, -0.2) is 14.2 Å². The number of anilines is 4. The first-order valence-electron chi connectivity index (χ1n) is 11.6. The van der Waals surface area contributed by atoms with Gasteiger partial charge in [-0.2, -0.15) is 0 Å². The fourth-order valence-electron chi connectivity index (χ4n) is 3.87. The predicted molar refractivity (Wildman–Crippen MR) is 143 cm³/mol. The summed E-state index contributed by atoms with van der Waals surface area (Å²) in [7, 11) is 1.57. The predicted octanol–water partition coefficient (Wildman–Crippen LogP) is 5.20. The number of rotatable bonds is 7. The molecule has 2 amide bonds. The Morgan fingerprint density at radius 2 is 2.21 bits per heavy atom. The molecule has 2 aromatic rings. The standard InChI is InChI=1S/C24H29FN6O.C2H6.H2/c1-5-6-10-30(15-16(2)3)21-7-9-28-23-19(21)8-11-31(23)24(32)29-18-12-17(14-27-4)22(26)20(25)13-18;1-2;/h1,7,9,12-14,16H,6,8,10-11,15,26H2,2-4H3,(H,29,32);1-2H3;1H. The van der Waals surface area contributed by atoms with Crippen LogP contribution in [0.25, 0.3) is 0 Å². The maximum absolute atomic E-state index is 14.2. The number of nitrogens with zero attached hydrogens (tertiary/aromatic N) is 4. The Kier molecular flexibility index (Phi) is 9.87. The van der Waals surface area contributed by atoms with E-state index in [0.29, 0.717) is 42.4 Å². The molecule has 34 heavy (non-hydrogen) atoms. The van der Waals surface area contributed by atoms with Crippen LogP contribution in [0.1, 0.15) is 46.7 Å². The highest BCUT2D eigenvalue weighted by Crippen LogP contribution is 2.34. The number of fused-ring (bicyclic) bond motifs is 1. The van der Waals surface area contributed by atoms with Crippen molar-refractivity contribution in [1.82, 2.24) is 4.98 Å². The zero-order valence-electron chi connectivity index (χ0n) is 20.7. The van der Waals surface area contributed by atoms with E-state index in [9.17, 15) is 9.18 Å². The van der Waals surface area contributed by atoms with Gasteiger partial charge in [0.25, 0.3) is 0 Å². The Labute approximate surface area is 203 Å². The highest BCUT2D eigenvalue weighted by atomic mass is 19.1. The van der Waals surface area contributed by atoms with E-state index in [2.05, 4.69) is 40.0 Å². The summed E-state index contributed by atoms with van der Waals surface area (Å²) in [6.45, 7) is 10.4. The van der Waals surface area contributed by atoms with Gasteiger partial charge < -0.3 is 16.0 Å². The van der Waals surface area contributed by atoms with Gasteiger partial charge in [0.2, 0.25) is 0 Å². The van der Waals surface area contributed by atoms with Crippen molar-refractivity contribution in [1.29, 1.82) is 0 Å². The van der Waals surface area contributed by atoms with E-state index >= 15 is 0 Å². The number of amides is 2. The van der Waals surface area contributed by atoms with Crippen LogP contribution in [-0.2, 0) is 6.42 Å². The second kappa shape index (κ2) is 12.6. The molecule has 1 aromatic carbocycles. The van der Waals surface area contributed by atoms with Crippen LogP contribution in [0, 0.1) is 24.1 Å². The molecule has 184 valence electrons. The molecule has 8 heteroatoms. The summed E-state index contributed by atoms with van der Waals surface area (Å²) in [4.78, 5) is 25.2. The topological polar surface area (TPSA) is 86.9 Å². The molecule has 0 saturated heterocycles. The van der Waals surface area contributed by atoms with Crippen LogP contribution in [0.15, 0.2) is 29.4 Å². The summed E-state index contributed by atoms with van der Waals surface area (Å²) in [6.07, 6.45) is 9.97. The highest BCUT2D eigenvalue weighted by molar-refractivity contribution is 6.03. The molecular weight excluding hydrogens is 431 g/mol.